The Morgan fingerprint density at radius 3 is 2.22 bits per heavy atom. The average molecular weight is 374 g/mol. The minimum Gasteiger partial charge on any atom is -0.350 e. The van der Waals surface area contributed by atoms with Crippen LogP contribution in [0.2, 0.25) is 0 Å². The Labute approximate surface area is 160 Å². The fourth-order valence-corrected chi connectivity index (χ4v) is 3.34. The Hall–Kier alpha value is -2.57. The van der Waals surface area contributed by atoms with Crippen molar-refractivity contribution in [1.82, 2.24) is 16.0 Å². The molecule has 1 aromatic rings. The van der Waals surface area contributed by atoms with Gasteiger partial charge in [-0.3, -0.25) is 9.59 Å². The second-order valence-corrected chi connectivity index (χ2v) is 7.39. The summed E-state index contributed by atoms with van der Waals surface area (Å²) in [7, 11) is 0. The lowest BCUT2D eigenvalue weighted by Gasteiger charge is -2.23. The summed E-state index contributed by atoms with van der Waals surface area (Å²) in [6, 6.07) is 6.65. The standard InChI is InChI=1S/C20H30N4O3/c1-13(2)22-20(27)24-17-10-8-15(9-11-17)12-21-19(26)18(23-14(3)25)16-6-4-5-7-16/h8-11,13,16,18H,4-7,12H2,1-3H3,(H,21,26)(H,23,25)(H2,22,24,27)/t18-/m1/s1. The number of anilines is 1. The zero-order valence-corrected chi connectivity index (χ0v) is 16.3. The topological polar surface area (TPSA) is 99.3 Å². The highest BCUT2D eigenvalue weighted by molar-refractivity contribution is 5.89. The van der Waals surface area contributed by atoms with Crippen LogP contribution < -0.4 is 21.3 Å². The minimum atomic E-state index is -0.467. The molecule has 0 aromatic heterocycles. The maximum atomic E-state index is 12.6. The summed E-state index contributed by atoms with van der Waals surface area (Å²) in [5.74, 6) is -0.118. The number of hydrogen-bond donors (Lipinski definition) is 4. The van der Waals surface area contributed by atoms with Crippen molar-refractivity contribution in [3.8, 4) is 0 Å². The lowest BCUT2D eigenvalue weighted by Crippen LogP contribution is -2.49. The van der Waals surface area contributed by atoms with Gasteiger partial charge < -0.3 is 21.3 Å². The van der Waals surface area contributed by atoms with Crippen LogP contribution in [-0.4, -0.2) is 29.9 Å². The molecule has 1 aliphatic carbocycles. The van der Waals surface area contributed by atoms with E-state index in [0.717, 1.165) is 31.2 Å². The van der Waals surface area contributed by atoms with Gasteiger partial charge in [0, 0.05) is 25.2 Å². The van der Waals surface area contributed by atoms with Crippen molar-refractivity contribution in [1.29, 1.82) is 0 Å². The maximum absolute atomic E-state index is 12.6. The molecule has 7 heteroatoms. The van der Waals surface area contributed by atoms with E-state index in [2.05, 4.69) is 21.3 Å². The molecule has 7 nitrogen and oxygen atoms in total. The Kier molecular flexibility index (Phi) is 7.64. The second kappa shape index (κ2) is 9.94. The smallest absolute Gasteiger partial charge is 0.319 e. The first kappa shape index (κ1) is 20.7. The van der Waals surface area contributed by atoms with Crippen LogP contribution in [0.3, 0.4) is 0 Å². The van der Waals surface area contributed by atoms with E-state index >= 15 is 0 Å². The number of carbonyl (C=O) groups is 3. The maximum Gasteiger partial charge on any atom is 0.319 e. The molecule has 0 unspecified atom stereocenters. The predicted molar refractivity (Wildman–Crippen MR) is 105 cm³/mol. The van der Waals surface area contributed by atoms with E-state index in [1.54, 1.807) is 12.1 Å². The minimum absolute atomic E-state index is 0.0657. The van der Waals surface area contributed by atoms with Crippen molar-refractivity contribution < 1.29 is 14.4 Å². The molecule has 2 rings (SSSR count). The van der Waals surface area contributed by atoms with Crippen molar-refractivity contribution in [2.75, 3.05) is 5.32 Å². The Morgan fingerprint density at radius 1 is 1.04 bits per heavy atom. The van der Waals surface area contributed by atoms with Crippen LogP contribution in [0.1, 0.15) is 52.0 Å². The molecule has 0 bridgehead atoms. The van der Waals surface area contributed by atoms with Gasteiger partial charge in [-0.25, -0.2) is 4.79 Å². The number of urea groups is 1. The molecule has 0 saturated heterocycles. The van der Waals surface area contributed by atoms with Crippen LogP contribution in [0, 0.1) is 5.92 Å². The fourth-order valence-electron chi connectivity index (χ4n) is 3.34. The molecule has 1 aromatic carbocycles. The van der Waals surface area contributed by atoms with Crippen molar-refractivity contribution >= 4 is 23.5 Å². The molecular weight excluding hydrogens is 344 g/mol. The number of nitrogens with one attached hydrogen (secondary N) is 4. The predicted octanol–water partition coefficient (Wildman–Crippen LogP) is 2.53. The first-order valence-corrected chi connectivity index (χ1v) is 9.56. The molecule has 0 heterocycles. The largest absolute Gasteiger partial charge is 0.350 e. The molecule has 1 aliphatic rings. The van der Waals surface area contributed by atoms with Gasteiger partial charge in [0.1, 0.15) is 6.04 Å². The molecule has 27 heavy (non-hydrogen) atoms. The van der Waals surface area contributed by atoms with Gasteiger partial charge in [-0.1, -0.05) is 25.0 Å². The van der Waals surface area contributed by atoms with Gasteiger partial charge in [-0.15, -0.1) is 0 Å². The van der Waals surface area contributed by atoms with Gasteiger partial charge >= 0.3 is 6.03 Å². The summed E-state index contributed by atoms with van der Waals surface area (Å²) < 4.78 is 0. The average Bonchev–Trinajstić information content (AvgIpc) is 3.12. The van der Waals surface area contributed by atoms with E-state index in [9.17, 15) is 14.4 Å². The Bertz CT molecular complexity index is 652. The summed E-state index contributed by atoms with van der Waals surface area (Å²) in [5.41, 5.74) is 1.61. The molecular formula is C20H30N4O3. The highest BCUT2D eigenvalue weighted by Crippen LogP contribution is 2.28. The highest BCUT2D eigenvalue weighted by atomic mass is 16.2. The molecule has 0 spiro atoms. The zero-order chi connectivity index (χ0) is 19.8. The lowest BCUT2D eigenvalue weighted by atomic mass is 9.97. The first-order chi connectivity index (χ1) is 12.8. The summed E-state index contributed by atoms with van der Waals surface area (Å²) in [6.45, 7) is 5.60. The molecule has 1 atom stereocenters. The third-order valence-electron chi connectivity index (χ3n) is 4.61. The molecule has 4 N–H and O–H groups in total. The van der Waals surface area contributed by atoms with Crippen LogP contribution in [0.15, 0.2) is 24.3 Å². The number of carbonyl (C=O) groups excluding carboxylic acids is 3. The number of benzene rings is 1. The van der Waals surface area contributed by atoms with E-state index in [4.69, 9.17) is 0 Å². The van der Waals surface area contributed by atoms with Crippen molar-refractivity contribution in [2.24, 2.45) is 5.92 Å². The summed E-state index contributed by atoms with van der Waals surface area (Å²) >= 11 is 0. The molecule has 1 saturated carbocycles. The SMILES string of the molecule is CC(=O)N[C@@H](C(=O)NCc1ccc(NC(=O)NC(C)C)cc1)C1CCCC1. The molecule has 0 aliphatic heterocycles. The third-order valence-corrected chi connectivity index (χ3v) is 4.61. The monoisotopic (exact) mass is 374 g/mol. The van der Waals surface area contributed by atoms with Crippen LogP contribution in [0.5, 0.6) is 0 Å². The second-order valence-electron chi connectivity index (χ2n) is 7.39. The lowest BCUT2D eigenvalue weighted by molar-refractivity contribution is -0.129. The zero-order valence-electron chi connectivity index (χ0n) is 16.3. The normalized spacial score (nSPS) is 15.3. The summed E-state index contributed by atoms with van der Waals surface area (Å²) in [4.78, 5) is 35.7. The van der Waals surface area contributed by atoms with Gasteiger partial charge in [0.05, 0.1) is 0 Å². The van der Waals surface area contributed by atoms with Gasteiger partial charge in [0.15, 0.2) is 0 Å². The van der Waals surface area contributed by atoms with Gasteiger partial charge in [0.25, 0.3) is 0 Å². The highest BCUT2D eigenvalue weighted by Gasteiger charge is 2.31. The van der Waals surface area contributed by atoms with Crippen molar-refractivity contribution in [3.05, 3.63) is 29.8 Å². The van der Waals surface area contributed by atoms with E-state index < -0.39 is 6.04 Å². The van der Waals surface area contributed by atoms with Crippen LogP contribution in [-0.2, 0) is 16.1 Å². The summed E-state index contributed by atoms with van der Waals surface area (Å²) in [6.07, 6.45) is 4.15. The van der Waals surface area contributed by atoms with E-state index in [1.807, 2.05) is 26.0 Å². The van der Waals surface area contributed by atoms with Crippen molar-refractivity contribution in [3.63, 3.8) is 0 Å². The van der Waals surface area contributed by atoms with E-state index in [1.165, 1.54) is 6.92 Å². The third kappa shape index (κ3) is 6.92. The van der Waals surface area contributed by atoms with Crippen LogP contribution >= 0.6 is 0 Å². The van der Waals surface area contributed by atoms with Crippen LogP contribution in [0.25, 0.3) is 0 Å². The number of rotatable bonds is 7. The van der Waals surface area contributed by atoms with Crippen LogP contribution in [0.4, 0.5) is 10.5 Å². The van der Waals surface area contributed by atoms with E-state index in [-0.39, 0.29) is 29.8 Å². The van der Waals surface area contributed by atoms with Gasteiger partial charge in [0.2, 0.25) is 11.8 Å². The first-order valence-electron chi connectivity index (χ1n) is 9.56. The molecule has 4 amide bonds. The van der Waals surface area contributed by atoms with E-state index in [0.29, 0.717) is 12.2 Å². The van der Waals surface area contributed by atoms with Gasteiger partial charge in [-0.2, -0.15) is 0 Å². The fraction of sp³-hybridized carbons (Fsp3) is 0.550. The number of amides is 4. The number of hydrogen-bond acceptors (Lipinski definition) is 3. The van der Waals surface area contributed by atoms with Crippen molar-refractivity contribution in [2.45, 2.75) is 65.1 Å². The summed E-state index contributed by atoms with van der Waals surface area (Å²) in [5, 5.41) is 11.2. The Morgan fingerprint density at radius 2 is 1.67 bits per heavy atom. The quantitative estimate of drug-likeness (QED) is 0.590. The van der Waals surface area contributed by atoms with Gasteiger partial charge in [-0.05, 0) is 50.3 Å². The molecule has 0 radical (unpaired) electrons. The molecule has 1 fully saturated rings. The Balaban J connectivity index is 1.87. The molecule has 148 valence electrons.